The highest BCUT2D eigenvalue weighted by Crippen LogP contribution is 2.07. The van der Waals surface area contributed by atoms with Gasteiger partial charge in [0, 0.05) is 12.8 Å². The molecule has 0 aliphatic carbocycles. The first-order chi connectivity index (χ1) is 19.7. The monoisotopic (exact) mass is 562 g/mol. The number of rotatable bonds is 17. The Morgan fingerprint density at radius 1 is 0.878 bits per heavy atom. The molecule has 216 valence electrons. The number of carbonyl (C=O) groups is 5. The Bertz CT molecular complexity index is 1250. The van der Waals surface area contributed by atoms with E-state index in [-0.39, 0.29) is 32.3 Å². The van der Waals surface area contributed by atoms with E-state index in [1.165, 1.54) is 6.08 Å². The van der Waals surface area contributed by atoms with Crippen molar-refractivity contribution in [2.45, 2.75) is 43.8 Å². The van der Waals surface area contributed by atoms with E-state index in [0.717, 1.165) is 11.1 Å². The highest BCUT2D eigenvalue weighted by Gasteiger charge is 2.29. The Hall–Kier alpha value is -4.93. The number of carbonyl (C=O) groups excluding carboxylic acids is 5. The van der Waals surface area contributed by atoms with Crippen LogP contribution in [0.1, 0.15) is 24.0 Å². The van der Waals surface area contributed by atoms with E-state index in [4.69, 9.17) is 16.0 Å². The summed E-state index contributed by atoms with van der Waals surface area (Å²) in [5.41, 5.74) is 16.2. The van der Waals surface area contributed by atoms with E-state index in [0.29, 0.717) is 6.21 Å². The lowest BCUT2D eigenvalue weighted by atomic mass is 10.0. The van der Waals surface area contributed by atoms with Gasteiger partial charge in [0.05, 0.1) is 6.04 Å². The molecule has 0 saturated carbocycles. The molecule has 0 aliphatic rings. The molecule has 2 aromatic carbocycles. The van der Waals surface area contributed by atoms with Crippen molar-refractivity contribution in [3.63, 3.8) is 0 Å². The van der Waals surface area contributed by atoms with Crippen molar-refractivity contribution in [3.05, 3.63) is 90.0 Å². The summed E-state index contributed by atoms with van der Waals surface area (Å²) in [5, 5.41) is 7.62. The minimum atomic E-state index is -1.25. The summed E-state index contributed by atoms with van der Waals surface area (Å²) in [4.78, 5) is 65.7. The Labute approximate surface area is 237 Å². The summed E-state index contributed by atoms with van der Waals surface area (Å²) < 4.78 is 4.86. The molecule has 2 rings (SSSR count). The number of esters is 1. The van der Waals surface area contributed by atoms with Crippen LogP contribution >= 0.6 is 0 Å². The summed E-state index contributed by atoms with van der Waals surface area (Å²) in [5.74, 6) is -3.31. The van der Waals surface area contributed by atoms with E-state index in [1.54, 1.807) is 30.3 Å². The van der Waals surface area contributed by atoms with E-state index in [1.807, 2.05) is 30.3 Å². The summed E-state index contributed by atoms with van der Waals surface area (Å²) >= 11 is 0. The average Bonchev–Trinajstić information content (AvgIpc) is 2.97. The molecule has 0 radical (unpaired) electrons. The number of ketones is 1. The number of Topliss-reactive ketones (excluding diaryl/α,β-unsaturated/α-hetero) is 1. The second-order valence-electron chi connectivity index (χ2n) is 9.05. The van der Waals surface area contributed by atoms with Gasteiger partial charge in [0.2, 0.25) is 23.5 Å². The third-order valence-electron chi connectivity index (χ3n) is 5.83. The fourth-order valence-electron chi connectivity index (χ4n) is 3.74. The molecule has 3 amide bonds. The van der Waals surface area contributed by atoms with Crippen LogP contribution in [0.15, 0.2) is 73.3 Å². The van der Waals surface area contributed by atoms with Gasteiger partial charge in [0.25, 0.3) is 0 Å². The highest BCUT2D eigenvalue weighted by atomic mass is 16.5. The average molecular weight is 563 g/mol. The maximum atomic E-state index is 13.4. The zero-order valence-corrected chi connectivity index (χ0v) is 22.5. The van der Waals surface area contributed by atoms with E-state index < -0.39 is 54.1 Å². The van der Waals surface area contributed by atoms with Crippen molar-refractivity contribution in [1.29, 1.82) is 0 Å². The maximum Gasteiger partial charge on any atom is 0.325 e. The minimum absolute atomic E-state index is 0.0214. The number of nitrogens with one attached hydrogen (secondary N) is 3. The van der Waals surface area contributed by atoms with Gasteiger partial charge in [-0.05, 0) is 24.0 Å². The van der Waals surface area contributed by atoms with Crippen LogP contribution in [0.2, 0.25) is 0 Å². The molecule has 3 atom stereocenters. The molecule has 0 fully saturated rings. The van der Waals surface area contributed by atoms with Crippen LogP contribution in [-0.4, -0.2) is 71.8 Å². The normalized spacial score (nSPS) is 12.4. The van der Waals surface area contributed by atoms with Crippen molar-refractivity contribution in [1.82, 2.24) is 16.0 Å². The van der Waals surface area contributed by atoms with Gasteiger partial charge in [-0.2, -0.15) is 4.79 Å². The van der Waals surface area contributed by atoms with Gasteiger partial charge < -0.3 is 32.0 Å². The topological polar surface area (TPSA) is 193 Å². The molecule has 0 aromatic heterocycles. The first-order valence-electron chi connectivity index (χ1n) is 12.9. The first kappa shape index (κ1) is 32.3. The smallest absolute Gasteiger partial charge is 0.325 e. The summed E-state index contributed by atoms with van der Waals surface area (Å²) in [6.45, 7) is 3.00. The van der Waals surface area contributed by atoms with E-state index in [2.05, 4.69) is 27.3 Å². The molecule has 41 heavy (non-hydrogen) atoms. The van der Waals surface area contributed by atoms with Crippen molar-refractivity contribution in [2.75, 3.05) is 13.2 Å². The lowest BCUT2D eigenvalue weighted by molar-refractivity contribution is -0.143. The Morgan fingerprint density at radius 2 is 1.46 bits per heavy atom. The molecule has 0 unspecified atom stereocenters. The molecule has 0 heterocycles. The SMILES string of the molecule is C=CCOC(=O)CNC(=O)[C@H](Cc1ccccc1)NC(=O)[C@H](CCC(=O)C=[N+]=[N-])NC(=O)[C@@H](N)Cc1ccccc1. The van der Waals surface area contributed by atoms with Gasteiger partial charge >= 0.3 is 12.2 Å². The molecule has 2 aromatic rings. The predicted molar refractivity (Wildman–Crippen MR) is 150 cm³/mol. The number of nitrogens with two attached hydrogens (primary N) is 1. The third-order valence-corrected chi connectivity index (χ3v) is 5.83. The van der Waals surface area contributed by atoms with Crippen molar-refractivity contribution < 1.29 is 33.5 Å². The number of nitrogens with zero attached hydrogens (tertiary/aromatic N) is 2. The number of ether oxygens (including phenoxy) is 1. The molecule has 12 nitrogen and oxygen atoms in total. The van der Waals surface area contributed by atoms with Crippen LogP contribution in [0.5, 0.6) is 0 Å². The number of amides is 3. The van der Waals surface area contributed by atoms with Crippen molar-refractivity contribution in [2.24, 2.45) is 5.73 Å². The maximum absolute atomic E-state index is 13.4. The second-order valence-corrected chi connectivity index (χ2v) is 9.05. The van der Waals surface area contributed by atoms with Gasteiger partial charge in [0.15, 0.2) is 0 Å². The number of hydrogen-bond acceptors (Lipinski definition) is 7. The summed E-state index contributed by atoms with van der Waals surface area (Å²) in [6.07, 6.45) is 1.96. The second kappa shape index (κ2) is 17.6. The largest absolute Gasteiger partial charge is 0.460 e. The molecule has 0 aliphatic heterocycles. The molecule has 12 heteroatoms. The van der Waals surface area contributed by atoms with Crippen molar-refractivity contribution in [3.8, 4) is 0 Å². The zero-order valence-electron chi connectivity index (χ0n) is 22.5. The van der Waals surface area contributed by atoms with Crippen LogP contribution in [-0.2, 0) is 41.6 Å². The lowest BCUT2D eigenvalue weighted by Crippen LogP contribution is -2.56. The standard InChI is InChI=1S/C29H34N6O6/c1-2-15-41-26(37)19-32-28(39)25(17-21-11-7-4-8-12-21)35-29(40)24(14-13-22(36)18-33-31)34-27(38)23(30)16-20-9-5-3-6-10-20/h2-12,18,23-25H,1,13-17,19,30H2,(H,32,39)(H,34,38)(H,35,40)/t23-,24-,25-/m0/s1. The predicted octanol–water partition coefficient (Wildman–Crippen LogP) is 0.264. The van der Waals surface area contributed by atoms with Gasteiger partial charge in [0.1, 0.15) is 25.2 Å². The Kier molecular flexibility index (Phi) is 13.9. The molecular formula is C29H34N6O6. The fraction of sp³-hybridized carbons (Fsp3) is 0.310. The van der Waals surface area contributed by atoms with Crippen LogP contribution in [0.3, 0.4) is 0 Å². The van der Waals surface area contributed by atoms with E-state index >= 15 is 0 Å². The summed E-state index contributed by atoms with van der Waals surface area (Å²) in [6, 6.07) is 14.5. The van der Waals surface area contributed by atoms with Gasteiger partial charge in [-0.3, -0.25) is 24.0 Å². The lowest BCUT2D eigenvalue weighted by Gasteiger charge is -2.24. The van der Waals surface area contributed by atoms with Crippen LogP contribution in [0.25, 0.3) is 5.53 Å². The minimum Gasteiger partial charge on any atom is -0.460 e. The molecule has 0 saturated heterocycles. The fourth-order valence-corrected chi connectivity index (χ4v) is 3.74. The van der Waals surface area contributed by atoms with Crippen molar-refractivity contribution >= 4 is 35.7 Å². The molecule has 5 N–H and O–H groups in total. The third kappa shape index (κ3) is 12.2. The molecule has 0 bridgehead atoms. The zero-order chi connectivity index (χ0) is 30.0. The van der Waals surface area contributed by atoms with Gasteiger partial charge in [-0.1, -0.05) is 73.3 Å². The van der Waals surface area contributed by atoms with E-state index in [9.17, 15) is 24.0 Å². The molecular weight excluding hydrogens is 528 g/mol. The van der Waals surface area contributed by atoms with Gasteiger partial charge in [-0.25, -0.2) is 0 Å². The van der Waals surface area contributed by atoms with Crippen LogP contribution < -0.4 is 21.7 Å². The van der Waals surface area contributed by atoms with Gasteiger partial charge in [-0.15, -0.1) is 0 Å². The molecule has 0 spiro atoms. The van der Waals surface area contributed by atoms with Crippen LogP contribution in [0.4, 0.5) is 0 Å². The highest BCUT2D eigenvalue weighted by molar-refractivity contribution is 6.25. The number of benzene rings is 2. The quantitative estimate of drug-likeness (QED) is 0.0698. The van der Waals surface area contributed by atoms with Crippen LogP contribution in [0, 0.1) is 0 Å². The Balaban J connectivity index is 2.18. The summed E-state index contributed by atoms with van der Waals surface area (Å²) in [7, 11) is 0. The number of hydrogen-bond donors (Lipinski definition) is 4. The first-order valence-corrected chi connectivity index (χ1v) is 12.9. The Morgan fingerprint density at radius 3 is 2.05 bits per heavy atom.